The maximum atomic E-state index is 5.89. The normalized spacial score (nSPS) is 11.7. The van der Waals surface area contributed by atoms with Crippen molar-refractivity contribution in [1.82, 2.24) is 19.8 Å². The molecule has 0 aliphatic rings. The fourth-order valence-electron chi connectivity index (χ4n) is 2.23. The minimum absolute atomic E-state index is 0.689. The van der Waals surface area contributed by atoms with Crippen LogP contribution in [0.1, 0.15) is 16.3 Å². The number of aryl methyl sites for hydroxylation is 1. The molecule has 0 unspecified atom stereocenters. The first-order valence-corrected chi connectivity index (χ1v) is 8.10. The van der Waals surface area contributed by atoms with Crippen LogP contribution in [0.4, 0.5) is 0 Å². The van der Waals surface area contributed by atoms with Crippen LogP contribution in [-0.2, 0) is 0 Å². The van der Waals surface area contributed by atoms with Crippen molar-refractivity contribution in [3.8, 4) is 11.4 Å². The van der Waals surface area contributed by atoms with E-state index in [9.17, 15) is 0 Å². The average Bonchev–Trinajstić information content (AvgIpc) is 3.22. The molecule has 0 saturated heterocycles. The highest BCUT2D eigenvalue weighted by Crippen LogP contribution is 2.25. The third kappa shape index (κ3) is 2.67. The number of hydrogen-bond acceptors (Lipinski definition) is 5. The molecule has 7 heteroatoms. The van der Waals surface area contributed by atoms with Crippen LogP contribution in [0.25, 0.3) is 28.5 Å². The average molecular weight is 343 g/mol. The van der Waals surface area contributed by atoms with Crippen molar-refractivity contribution >= 4 is 40.1 Å². The summed E-state index contributed by atoms with van der Waals surface area (Å²) in [4.78, 5) is 0.747. The predicted octanol–water partition coefficient (Wildman–Crippen LogP) is 4.58. The molecule has 0 N–H and O–H groups in total. The van der Waals surface area contributed by atoms with Crippen LogP contribution in [0, 0.1) is 6.92 Å². The molecule has 4 rings (SSSR count). The Morgan fingerprint density at radius 1 is 1.13 bits per heavy atom. The van der Waals surface area contributed by atoms with Gasteiger partial charge in [-0.05, 0) is 36.8 Å². The Kier molecular flexibility index (Phi) is 3.48. The number of rotatable bonds is 3. The van der Waals surface area contributed by atoms with Gasteiger partial charge in [-0.25, -0.2) is 0 Å². The molecular weight excluding hydrogens is 332 g/mol. The molecule has 4 aromatic rings. The van der Waals surface area contributed by atoms with Crippen molar-refractivity contribution in [1.29, 1.82) is 0 Å². The fourth-order valence-corrected chi connectivity index (χ4v) is 3.09. The Labute approximate surface area is 140 Å². The molecule has 0 aliphatic carbocycles. The molecule has 0 bridgehead atoms. The topological polar surface area (TPSA) is 56.2 Å². The SMILES string of the molecule is Cc1occc1-c1nnc2sc(C=Cc3ccc(Cl)cc3)nn12. The molecule has 0 amide bonds. The van der Waals surface area contributed by atoms with E-state index in [1.165, 1.54) is 11.3 Å². The van der Waals surface area contributed by atoms with Crippen molar-refractivity contribution in [3.63, 3.8) is 0 Å². The lowest BCUT2D eigenvalue weighted by Crippen LogP contribution is -1.90. The summed E-state index contributed by atoms with van der Waals surface area (Å²) in [5.41, 5.74) is 1.96. The van der Waals surface area contributed by atoms with Crippen molar-refractivity contribution < 1.29 is 4.42 Å². The Bertz CT molecular complexity index is 997. The van der Waals surface area contributed by atoms with Crippen LogP contribution in [0.2, 0.25) is 5.02 Å². The highest BCUT2D eigenvalue weighted by Gasteiger charge is 2.15. The van der Waals surface area contributed by atoms with Crippen LogP contribution in [0.3, 0.4) is 0 Å². The van der Waals surface area contributed by atoms with E-state index in [0.717, 1.165) is 31.9 Å². The molecule has 114 valence electrons. The quantitative estimate of drug-likeness (QED) is 0.547. The summed E-state index contributed by atoms with van der Waals surface area (Å²) in [7, 11) is 0. The Hall–Kier alpha value is -2.44. The Morgan fingerprint density at radius 2 is 1.96 bits per heavy atom. The lowest BCUT2D eigenvalue weighted by molar-refractivity contribution is 0.535. The summed E-state index contributed by atoms with van der Waals surface area (Å²) >= 11 is 7.36. The second kappa shape index (κ2) is 5.64. The van der Waals surface area contributed by atoms with E-state index in [1.54, 1.807) is 10.8 Å². The minimum atomic E-state index is 0.689. The van der Waals surface area contributed by atoms with Gasteiger partial charge in [-0.15, -0.1) is 10.2 Å². The number of halogens is 1. The van der Waals surface area contributed by atoms with Gasteiger partial charge < -0.3 is 4.42 Å². The number of nitrogens with zero attached hydrogens (tertiary/aromatic N) is 4. The second-order valence-corrected chi connectivity index (χ2v) is 6.36. The third-order valence-electron chi connectivity index (χ3n) is 3.39. The van der Waals surface area contributed by atoms with Crippen LogP contribution in [-0.4, -0.2) is 19.8 Å². The zero-order valence-corrected chi connectivity index (χ0v) is 13.7. The monoisotopic (exact) mass is 342 g/mol. The zero-order valence-electron chi connectivity index (χ0n) is 12.1. The molecule has 0 fully saturated rings. The summed E-state index contributed by atoms with van der Waals surface area (Å²) < 4.78 is 7.07. The van der Waals surface area contributed by atoms with Gasteiger partial charge in [0.25, 0.3) is 0 Å². The lowest BCUT2D eigenvalue weighted by Gasteiger charge is -1.93. The maximum Gasteiger partial charge on any atom is 0.235 e. The van der Waals surface area contributed by atoms with Crippen molar-refractivity contribution in [2.45, 2.75) is 6.92 Å². The number of furan rings is 1. The van der Waals surface area contributed by atoms with Gasteiger partial charge in [0.05, 0.1) is 11.8 Å². The van der Waals surface area contributed by atoms with Gasteiger partial charge >= 0.3 is 0 Å². The van der Waals surface area contributed by atoms with Gasteiger partial charge in [-0.2, -0.15) is 9.61 Å². The summed E-state index contributed by atoms with van der Waals surface area (Å²) in [5.74, 6) is 1.49. The molecule has 0 spiro atoms. The lowest BCUT2D eigenvalue weighted by atomic mass is 10.2. The van der Waals surface area contributed by atoms with E-state index in [-0.39, 0.29) is 0 Å². The first-order chi connectivity index (χ1) is 11.2. The van der Waals surface area contributed by atoms with Crippen molar-refractivity contribution in [2.24, 2.45) is 0 Å². The maximum absolute atomic E-state index is 5.89. The van der Waals surface area contributed by atoms with E-state index in [0.29, 0.717) is 5.82 Å². The highest BCUT2D eigenvalue weighted by molar-refractivity contribution is 7.17. The van der Waals surface area contributed by atoms with Crippen LogP contribution < -0.4 is 0 Å². The predicted molar refractivity (Wildman–Crippen MR) is 91.5 cm³/mol. The summed E-state index contributed by atoms with van der Waals surface area (Å²) in [6, 6.07) is 9.51. The van der Waals surface area contributed by atoms with Gasteiger partial charge in [0, 0.05) is 5.02 Å². The number of fused-ring (bicyclic) bond motifs is 1. The van der Waals surface area contributed by atoms with Crippen LogP contribution in [0.15, 0.2) is 41.0 Å². The van der Waals surface area contributed by atoms with E-state index in [1.807, 2.05) is 49.4 Å². The zero-order chi connectivity index (χ0) is 15.8. The molecule has 0 radical (unpaired) electrons. The van der Waals surface area contributed by atoms with Crippen LogP contribution in [0.5, 0.6) is 0 Å². The van der Waals surface area contributed by atoms with Crippen LogP contribution >= 0.6 is 22.9 Å². The third-order valence-corrected chi connectivity index (χ3v) is 4.51. The molecule has 1 aromatic carbocycles. The highest BCUT2D eigenvalue weighted by atomic mass is 35.5. The van der Waals surface area contributed by atoms with E-state index < -0.39 is 0 Å². The van der Waals surface area contributed by atoms with E-state index in [2.05, 4.69) is 15.3 Å². The number of aromatic nitrogens is 4. The Morgan fingerprint density at radius 3 is 2.70 bits per heavy atom. The fraction of sp³-hybridized carbons (Fsp3) is 0.0625. The first kappa shape index (κ1) is 14.2. The molecule has 5 nitrogen and oxygen atoms in total. The number of benzene rings is 1. The number of hydrogen-bond donors (Lipinski definition) is 0. The standard InChI is InChI=1S/C16H11ClN4OS/c1-10-13(8-9-22-10)15-18-19-16-21(15)20-14(23-16)7-4-11-2-5-12(17)6-3-11/h2-9H,1H3. The van der Waals surface area contributed by atoms with Gasteiger partial charge in [0.2, 0.25) is 4.96 Å². The summed E-state index contributed by atoms with van der Waals surface area (Å²) in [6.45, 7) is 1.89. The van der Waals surface area contributed by atoms with Gasteiger partial charge in [0.15, 0.2) is 5.82 Å². The molecule has 3 aromatic heterocycles. The molecule has 3 heterocycles. The van der Waals surface area contributed by atoms with Gasteiger partial charge in [-0.3, -0.25) is 0 Å². The van der Waals surface area contributed by atoms with Gasteiger partial charge in [0.1, 0.15) is 10.8 Å². The molecule has 0 atom stereocenters. The molecular formula is C16H11ClN4OS. The first-order valence-electron chi connectivity index (χ1n) is 6.91. The molecule has 0 saturated carbocycles. The van der Waals surface area contributed by atoms with Crippen molar-refractivity contribution in [2.75, 3.05) is 0 Å². The Balaban J connectivity index is 1.68. The minimum Gasteiger partial charge on any atom is -0.469 e. The van der Waals surface area contributed by atoms with Crippen molar-refractivity contribution in [3.05, 3.63) is 57.9 Å². The van der Waals surface area contributed by atoms with E-state index in [4.69, 9.17) is 16.0 Å². The summed E-state index contributed by atoms with van der Waals surface area (Å²) in [6.07, 6.45) is 5.58. The largest absolute Gasteiger partial charge is 0.469 e. The van der Waals surface area contributed by atoms with E-state index >= 15 is 0 Å². The summed E-state index contributed by atoms with van der Waals surface area (Å²) in [5, 5.41) is 14.5. The van der Waals surface area contributed by atoms with Gasteiger partial charge in [-0.1, -0.05) is 41.1 Å². The molecule has 0 aliphatic heterocycles. The molecule has 23 heavy (non-hydrogen) atoms. The second-order valence-electron chi connectivity index (χ2n) is 4.93. The smallest absolute Gasteiger partial charge is 0.235 e.